The summed E-state index contributed by atoms with van der Waals surface area (Å²) in [6.07, 6.45) is 2.23. The van der Waals surface area contributed by atoms with Crippen molar-refractivity contribution in [2.24, 2.45) is 0 Å². The van der Waals surface area contributed by atoms with Gasteiger partial charge in [-0.1, -0.05) is 18.2 Å². The summed E-state index contributed by atoms with van der Waals surface area (Å²) in [5, 5.41) is -0.300. The Hall–Kier alpha value is -2.36. The molecule has 0 saturated carbocycles. The molecule has 6 nitrogen and oxygen atoms in total. The van der Waals surface area contributed by atoms with Crippen molar-refractivity contribution < 1.29 is 28.2 Å². The first kappa shape index (κ1) is 24.3. The highest BCUT2D eigenvalue weighted by molar-refractivity contribution is 9.10. The van der Waals surface area contributed by atoms with Crippen molar-refractivity contribution in [3.05, 3.63) is 62.7 Å². The number of methoxy groups -OCH3 is 1. The van der Waals surface area contributed by atoms with Crippen LogP contribution in [0.4, 0.5) is 9.18 Å². The molecule has 0 N–H and O–H groups in total. The fourth-order valence-corrected chi connectivity index (χ4v) is 4.49. The molecule has 0 radical (unpaired) electrons. The Morgan fingerprint density at radius 3 is 2.69 bits per heavy atom. The molecule has 0 atom stereocenters. The van der Waals surface area contributed by atoms with E-state index in [9.17, 15) is 14.0 Å². The van der Waals surface area contributed by atoms with Gasteiger partial charge in [0.1, 0.15) is 12.4 Å². The zero-order valence-electron chi connectivity index (χ0n) is 17.7. The molecule has 1 aliphatic heterocycles. The molecule has 2 aromatic carbocycles. The summed E-state index contributed by atoms with van der Waals surface area (Å²) in [7, 11) is 1.57. The Morgan fingerprint density at radius 1 is 1.19 bits per heavy atom. The lowest BCUT2D eigenvalue weighted by Crippen LogP contribution is -2.29. The molecule has 1 saturated heterocycles. The van der Waals surface area contributed by atoms with Gasteiger partial charge in [-0.2, -0.15) is 0 Å². The van der Waals surface area contributed by atoms with Crippen molar-refractivity contribution in [2.75, 3.05) is 26.9 Å². The molecule has 2 amide bonds. The molecule has 32 heavy (non-hydrogen) atoms. The molecule has 3 rings (SSSR count). The standard InChI is InChI=1S/C23H23BrFNO5S/c1-3-30-19-12-15(13-20-22(27)26(23(28)32-20)9-6-10-29-2)11-17(24)21(19)31-14-16-7-4-5-8-18(16)25/h4-5,7-8,11-13H,3,6,9-10,14H2,1-2H3/b20-13+. The van der Waals surface area contributed by atoms with Gasteiger partial charge in [0.25, 0.3) is 11.1 Å². The number of hydrogen-bond donors (Lipinski definition) is 0. The van der Waals surface area contributed by atoms with Gasteiger partial charge in [0, 0.05) is 25.8 Å². The van der Waals surface area contributed by atoms with Crippen LogP contribution in [0, 0.1) is 5.82 Å². The molecule has 0 aromatic heterocycles. The second-order valence-corrected chi connectivity index (χ2v) is 8.67. The second-order valence-electron chi connectivity index (χ2n) is 6.82. The van der Waals surface area contributed by atoms with E-state index in [1.807, 2.05) is 6.92 Å². The largest absolute Gasteiger partial charge is 0.490 e. The Labute approximate surface area is 198 Å². The minimum atomic E-state index is -0.348. The summed E-state index contributed by atoms with van der Waals surface area (Å²) in [5.74, 6) is 0.202. The van der Waals surface area contributed by atoms with Crippen LogP contribution in [-0.4, -0.2) is 42.9 Å². The van der Waals surface area contributed by atoms with Crippen LogP contribution in [0.25, 0.3) is 6.08 Å². The number of amides is 2. The number of rotatable bonds is 10. The fraction of sp³-hybridized carbons (Fsp3) is 0.304. The number of benzene rings is 2. The summed E-state index contributed by atoms with van der Waals surface area (Å²) >= 11 is 4.38. The van der Waals surface area contributed by atoms with Gasteiger partial charge in [-0.25, -0.2) is 4.39 Å². The molecule has 0 unspecified atom stereocenters. The highest BCUT2D eigenvalue weighted by Gasteiger charge is 2.34. The van der Waals surface area contributed by atoms with Gasteiger partial charge in [0.05, 0.1) is 16.0 Å². The number of hydrogen-bond acceptors (Lipinski definition) is 6. The number of carbonyl (C=O) groups excluding carboxylic acids is 2. The van der Waals surface area contributed by atoms with Crippen molar-refractivity contribution in [1.29, 1.82) is 0 Å². The van der Waals surface area contributed by atoms with Gasteiger partial charge in [-0.15, -0.1) is 0 Å². The Bertz CT molecular complexity index is 1030. The van der Waals surface area contributed by atoms with E-state index in [4.69, 9.17) is 14.2 Å². The fourth-order valence-electron chi connectivity index (χ4n) is 3.05. The lowest BCUT2D eigenvalue weighted by molar-refractivity contribution is -0.122. The van der Waals surface area contributed by atoms with Crippen LogP contribution in [-0.2, 0) is 16.1 Å². The number of ether oxygens (including phenoxy) is 3. The minimum absolute atomic E-state index is 0.0328. The predicted molar refractivity (Wildman–Crippen MR) is 125 cm³/mol. The molecule has 0 bridgehead atoms. The summed E-state index contributed by atoms with van der Waals surface area (Å²) in [6.45, 7) is 3.05. The maximum atomic E-state index is 13.9. The van der Waals surface area contributed by atoms with E-state index in [2.05, 4.69) is 15.9 Å². The number of imide groups is 1. The van der Waals surface area contributed by atoms with Crippen LogP contribution in [0.1, 0.15) is 24.5 Å². The van der Waals surface area contributed by atoms with Crippen molar-refractivity contribution >= 4 is 44.9 Å². The molecular weight excluding hydrogens is 501 g/mol. The average molecular weight is 524 g/mol. The first-order chi connectivity index (χ1) is 15.4. The molecule has 170 valence electrons. The van der Waals surface area contributed by atoms with Crippen molar-refractivity contribution in [2.45, 2.75) is 20.0 Å². The normalized spacial score (nSPS) is 15.0. The van der Waals surface area contributed by atoms with Crippen LogP contribution >= 0.6 is 27.7 Å². The molecule has 2 aromatic rings. The van der Waals surface area contributed by atoms with Crippen molar-refractivity contribution in [3.8, 4) is 11.5 Å². The summed E-state index contributed by atoms with van der Waals surface area (Å²) in [4.78, 5) is 26.4. The van der Waals surface area contributed by atoms with Gasteiger partial charge in [0.15, 0.2) is 11.5 Å². The van der Waals surface area contributed by atoms with E-state index >= 15 is 0 Å². The second kappa shape index (κ2) is 11.5. The number of thioether (sulfide) groups is 1. The van der Waals surface area contributed by atoms with Crippen LogP contribution in [0.5, 0.6) is 11.5 Å². The van der Waals surface area contributed by atoms with Gasteiger partial charge in [-0.3, -0.25) is 14.5 Å². The van der Waals surface area contributed by atoms with Crippen LogP contribution in [0.2, 0.25) is 0 Å². The van der Waals surface area contributed by atoms with Crippen LogP contribution < -0.4 is 9.47 Å². The highest BCUT2D eigenvalue weighted by Crippen LogP contribution is 2.39. The van der Waals surface area contributed by atoms with Crippen molar-refractivity contribution in [3.63, 3.8) is 0 Å². The van der Waals surface area contributed by atoms with E-state index in [-0.39, 0.29) is 23.6 Å². The molecule has 0 spiro atoms. The third-order valence-corrected chi connectivity index (χ3v) is 6.06. The van der Waals surface area contributed by atoms with Gasteiger partial charge < -0.3 is 14.2 Å². The monoisotopic (exact) mass is 523 g/mol. The summed E-state index contributed by atoms with van der Waals surface area (Å²) in [6, 6.07) is 9.88. The first-order valence-electron chi connectivity index (χ1n) is 10.0. The minimum Gasteiger partial charge on any atom is -0.490 e. The summed E-state index contributed by atoms with van der Waals surface area (Å²) in [5.41, 5.74) is 1.09. The summed E-state index contributed by atoms with van der Waals surface area (Å²) < 4.78 is 31.1. The van der Waals surface area contributed by atoms with Gasteiger partial charge in [-0.05, 0) is 70.9 Å². The number of halogens is 2. The zero-order valence-corrected chi connectivity index (χ0v) is 20.1. The number of carbonyl (C=O) groups is 2. The Balaban J connectivity index is 1.81. The predicted octanol–water partition coefficient (Wildman–Crippen LogP) is 5.64. The Morgan fingerprint density at radius 2 is 1.97 bits per heavy atom. The molecule has 1 heterocycles. The van der Waals surface area contributed by atoms with E-state index in [1.54, 1.807) is 43.5 Å². The van der Waals surface area contributed by atoms with E-state index < -0.39 is 0 Å². The SMILES string of the molecule is CCOc1cc(/C=C2/SC(=O)N(CCCOC)C2=O)cc(Br)c1OCc1ccccc1F. The Kier molecular flexibility index (Phi) is 8.72. The average Bonchev–Trinajstić information content (AvgIpc) is 3.02. The lowest BCUT2D eigenvalue weighted by Gasteiger charge is -2.15. The third-order valence-electron chi connectivity index (χ3n) is 4.56. The molecule has 1 aliphatic rings. The lowest BCUT2D eigenvalue weighted by atomic mass is 10.1. The molecule has 9 heteroatoms. The molecular formula is C23H23BrFNO5S. The van der Waals surface area contributed by atoms with Gasteiger partial charge >= 0.3 is 0 Å². The molecule has 1 fully saturated rings. The van der Waals surface area contributed by atoms with Crippen LogP contribution in [0.3, 0.4) is 0 Å². The quantitative estimate of drug-likeness (QED) is 0.296. The number of nitrogens with zero attached hydrogens (tertiary/aromatic N) is 1. The maximum absolute atomic E-state index is 13.9. The highest BCUT2D eigenvalue weighted by atomic mass is 79.9. The van der Waals surface area contributed by atoms with Crippen molar-refractivity contribution in [1.82, 2.24) is 4.90 Å². The van der Waals surface area contributed by atoms with Gasteiger partial charge in [0.2, 0.25) is 0 Å². The molecule has 0 aliphatic carbocycles. The third kappa shape index (κ3) is 5.90. The van der Waals surface area contributed by atoms with E-state index in [1.165, 1.54) is 11.0 Å². The topological polar surface area (TPSA) is 65.1 Å². The zero-order chi connectivity index (χ0) is 23.1. The van der Waals surface area contributed by atoms with E-state index in [0.29, 0.717) is 58.2 Å². The smallest absolute Gasteiger partial charge is 0.293 e. The van der Waals surface area contributed by atoms with Crippen LogP contribution in [0.15, 0.2) is 45.8 Å². The maximum Gasteiger partial charge on any atom is 0.293 e. The first-order valence-corrected chi connectivity index (χ1v) is 11.6. The van der Waals surface area contributed by atoms with E-state index in [0.717, 1.165) is 11.8 Å².